The minimum atomic E-state index is 0.339. The third-order valence-electron chi connectivity index (χ3n) is 3.09. The summed E-state index contributed by atoms with van der Waals surface area (Å²) in [6.45, 7) is 1.93. The normalized spacial score (nSPS) is 13.7. The molecule has 2 heterocycles. The molecule has 3 rings (SSSR count). The van der Waals surface area contributed by atoms with E-state index in [9.17, 15) is 0 Å². The van der Waals surface area contributed by atoms with Gasteiger partial charge in [0.05, 0.1) is 17.0 Å². The van der Waals surface area contributed by atoms with Crippen molar-refractivity contribution in [3.05, 3.63) is 47.0 Å². The quantitative estimate of drug-likeness (QED) is 0.787. The van der Waals surface area contributed by atoms with Gasteiger partial charge < -0.3 is 5.73 Å². The second-order valence-electron chi connectivity index (χ2n) is 4.69. The van der Waals surface area contributed by atoms with E-state index >= 15 is 0 Å². The Morgan fingerprint density at radius 1 is 1.26 bits per heavy atom. The highest BCUT2D eigenvalue weighted by molar-refractivity contribution is 5.49. The molecule has 1 saturated carbocycles. The smallest absolute Gasteiger partial charge is 0.220 e. The van der Waals surface area contributed by atoms with Gasteiger partial charge in [0, 0.05) is 23.9 Å². The van der Waals surface area contributed by atoms with Crippen molar-refractivity contribution < 1.29 is 0 Å². The van der Waals surface area contributed by atoms with Gasteiger partial charge in [-0.3, -0.25) is 4.98 Å². The van der Waals surface area contributed by atoms with E-state index in [1.54, 1.807) is 12.4 Å². The molecule has 94 valence electrons. The van der Waals surface area contributed by atoms with Gasteiger partial charge in [-0.2, -0.15) is 0 Å². The number of hydrogen-bond donors (Lipinski definition) is 1. The van der Waals surface area contributed by atoms with E-state index in [1.165, 1.54) is 0 Å². The number of nitrogen functional groups attached to an aromatic ring is 1. The predicted octanol–water partition coefficient (Wildman–Crippen LogP) is 2.04. The van der Waals surface area contributed by atoms with Gasteiger partial charge in [0.25, 0.3) is 0 Å². The van der Waals surface area contributed by atoms with Crippen LogP contribution in [0.25, 0.3) is 0 Å². The van der Waals surface area contributed by atoms with Crippen molar-refractivity contribution in [2.75, 3.05) is 5.73 Å². The van der Waals surface area contributed by atoms with Crippen LogP contribution in [0.3, 0.4) is 0 Å². The monoisotopic (exact) mass is 250 g/mol. The molecule has 19 heavy (non-hydrogen) atoms. The number of pyridine rings is 1. The number of aryl methyl sites for hydroxylation is 1. The van der Waals surface area contributed by atoms with Crippen molar-refractivity contribution in [1.29, 1.82) is 0 Å². The highest BCUT2D eigenvalue weighted by atomic mass is 15.0. The van der Waals surface area contributed by atoms with Gasteiger partial charge in [-0.15, -0.1) is 0 Å². The average molecular weight is 250 g/mol. The van der Waals surface area contributed by atoms with Gasteiger partial charge in [0.1, 0.15) is 0 Å². The van der Waals surface area contributed by atoms with E-state index in [-0.39, 0.29) is 0 Å². The van der Waals surface area contributed by atoms with Crippen LogP contribution in [0.5, 0.6) is 0 Å². The summed E-state index contributed by atoms with van der Waals surface area (Å²) in [5, 5.41) is 0. The Hall–Kier alpha value is -2.41. The molecule has 0 aromatic carbocycles. The lowest BCUT2D eigenvalue weighted by Crippen LogP contribution is -2.04. The molecule has 2 aromatic rings. The second kappa shape index (κ2) is 4.69. The summed E-state index contributed by atoms with van der Waals surface area (Å²) in [7, 11) is 0. The largest absolute Gasteiger partial charge is 0.368 e. The highest BCUT2D eigenvalue weighted by Gasteiger charge is 2.28. The van der Waals surface area contributed by atoms with Crippen LogP contribution < -0.4 is 5.73 Å². The first-order valence-corrected chi connectivity index (χ1v) is 6.30. The van der Waals surface area contributed by atoms with Crippen LogP contribution in [0, 0.1) is 18.8 Å². The summed E-state index contributed by atoms with van der Waals surface area (Å²) < 4.78 is 0. The first kappa shape index (κ1) is 11.7. The minimum Gasteiger partial charge on any atom is -0.368 e. The molecule has 2 N–H and O–H groups in total. The van der Waals surface area contributed by atoms with Crippen LogP contribution in [-0.2, 0) is 0 Å². The van der Waals surface area contributed by atoms with Crippen molar-refractivity contribution in [2.45, 2.75) is 25.7 Å². The van der Waals surface area contributed by atoms with E-state index in [0.717, 1.165) is 35.4 Å². The third-order valence-corrected chi connectivity index (χ3v) is 3.09. The number of rotatable bonds is 1. The lowest BCUT2D eigenvalue weighted by atomic mass is 10.1. The Bertz CT molecular complexity index is 664. The first-order valence-electron chi connectivity index (χ1n) is 6.30. The molecule has 0 saturated heterocycles. The van der Waals surface area contributed by atoms with Crippen molar-refractivity contribution in [3.8, 4) is 11.8 Å². The molecule has 0 aliphatic heterocycles. The second-order valence-corrected chi connectivity index (χ2v) is 4.69. The van der Waals surface area contributed by atoms with Crippen LogP contribution in [0.4, 0.5) is 5.95 Å². The molecule has 0 radical (unpaired) electrons. The Morgan fingerprint density at radius 2 is 2.11 bits per heavy atom. The summed E-state index contributed by atoms with van der Waals surface area (Å²) in [6.07, 6.45) is 5.81. The van der Waals surface area contributed by atoms with Crippen LogP contribution >= 0.6 is 0 Å². The number of aromatic nitrogens is 3. The first-order chi connectivity index (χ1) is 9.24. The number of nitrogens with two attached hydrogens (primary N) is 1. The number of anilines is 1. The summed E-state index contributed by atoms with van der Waals surface area (Å²) in [4.78, 5) is 12.6. The van der Waals surface area contributed by atoms with Crippen LogP contribution in [0.1, 0.15) is 41.3 Å². The van der Waals surface area contributed by atoms with Crippen molar-refractivity contribution in [1.82, 2.24) is 15.0 Å². The SMILES string of the molecule is Cc1nc(N)nc(C2CC2)c1C#Cc1cccnc1. The Balaban J connectivity index is 2.03. The molecular formula is C15H14N4. The molecule has 2 aromatic heterocycles. The average Bonchev–Trinajstić information content (AvgIpc) is 3.22. The Labute approximate surface area is 112 Å². The molecule has 1 fully saturated rings. The van der Waals surface area contributed by atoms with Gasteiger partial charge >= 0.3 is 0 Å². The maximum Gasteiger partial charge on any atom is 0.220 e. The molecule has 0 bridgehead atoms. The topological polar surface area (TPSA) is 64.7 Å². The van der Waals surface area contributed by atoms with Crippen LogP contribution in [-0.4, -0.2) is 15.0 Å². The van der Waals surface area contributed by atoms with Gasteiger partial charge in [-0.1, -0.05) is 11.8 Å². The van der Waals surface area contributed by atoms with Crippen molar-refractivity contribution in [3.63, 3.8) is 0 Å². The number of nitrogens with zero attached hydrogens (tertiary/aromatic N) is 3. The molecule has 0 spiro atoms. The molecule has 4 nitrogen and oxygen atoms in total. The van der Waals surface area contributed by atoms with Gasteiger partial charge in [-0.25, -0.2) is 9.97 Å². The summed E-state index contributed by atoms with van der Waals surface area (Å²) >= 11 is 0. The van der Waals surface area contributed by atoms with Crippen molar-refractivity contribution >= 4 is 5.95 Å². The fourth-order valence-corrected chi connectivity index (χ4v) is 2.00. The fourth-order valence-electron chi connectivity index (χ4n) is 2.00. The summed E-state index contributed by atoms with van der Waals surface area (Å²) in [5.41, 5.74) is 9.38. The third kappa shape index (κ3) is 2.55. The Kier molecular flexibility index (Phi) is 2.88. The van der Waals surface area contributed by atoms with Crippen LogP contribution in [0.2, 0.25) is 0 Å². The minimum absolute atomic E-state index is 0.339. The molecular weight excluding hydrogens is 236 g/mol. The molecule has 1 aliphatic carbocycles. The molecule has 4 heteroatoms. The van der Waals surface area contributed by atoms with Gasteiger partial charge in [0.2, 0.25) is 5.95 Å². The Morgan fingerprint density at radius 3 is 2.79 bits per heavy atom. The summed E-state index contributed by atoms with van der Waals surface area (Å²) in [6, 6.07) is 3.81. The maximum absolute atomic E-state index is 5.72. The highest BCUT2D eigenvalue weighted by Crippen LogP contribution is 2.41. The van der Waals surface area contributed by atoms with Gasteiger partial charge in [0.15, 0.2) is 0 Å². The fraction of sp³-hybridized carbons (Fsp3) is 0.267. The zero-order valence-corrected chi connectivity index (χ0v) is 10.7. The molecule has 0 atom stereocenters. The standard InChI is InChI=1S/C15H14N4/c1-10-13(7-4-11-3-2-8-17-9-11)14(12-5-6-12)19-15(16)18-10/h2-3,8-9,12H,5-6H2,1H3,(H2,16,18,19). The lowest BCUT2D eigenvalue weighted by Gasteiger charge is -2.05. The van der Waals surface area contributed by atoms with Crippen molar-refractivity contribution in [2.24, 2.45) is 0 Å². The van der Waals surface area contributed by atoms with E-state index in [0.29, 0.717) is 11.9 Å². The van der Waals surface area contributed by atoms with E-state index < -0.39 is 0 Å². The van der Waals surface area contributed by atoms with E-state index in [4.69, 9.17) is 5.73 Å². The lowest BCUT2D eigenvalue weighted by molar-refractivity contribution is 0.966. The predicted molar refractivity (Wildman–Crippen MR) is 73.4 cm³/mol. The van der Waals surface area contributed by atoms with Gasteiger partial charge in [-0.05, 0) is 31.9 Å². The number of hydrogen-bond acceptors (Lipinski definition) is 4. The molecule has 0 unspecified atom stereocenters. The summed E-state index contributed by atoms with van der Waals surface area (Å²) in [5.74, 6) is 7.13. The van der Waals surface area contributed by atoms with E-state index in [2.05, 4.69) is 26.8 Å². The zero-order chi connectivity index (χ0) is 13.2. The van der Waals surface area contributed by atoms with E-state index in [1.807, 2.05) is 19.1 Å². The zero-order valence-electron chi connectivity index (χ0n) is 10.7. The molecule has 0 amide bonds. The molecule has 1 aliphatic rings. The maximum atomic E-state index is 5.72. The van der Waals surface area contributed by atoms with Crippen LogP contribution in [0.15, 0.2) is 24.5 Å².